The fraction of sp³-hybridized carbons (Fsp3) is 0.211. The number of hydrogen-bond acceptors (Lipinski definition) is 4. The molecule has 0 fully saturated rings. The molecule has 7 heteroatoms. The fourth-order valence-electron chi connectivity index (χ4n) is 2.97. The number of nitrogens with zero attached hydrogens (tertiary/aromatic N) is 3. The van der Waals surface area contributed by atoms with Gasteiger partial charge in [-0.05, 0) is 59.1 Å². The quantitative estimate of drug-likeness (QED) is 0.558. The van der Waals surface area contributed by atoms with Gasteiger partial charge in [-0.25, -0.2) is 9.97 Å². The molecule has 4 aromatic rings. The van der Waals surface area contributed by atoms with Gasteiger partial charge in [-0.2, -0.15) is 0 Å². The van der Waals surface area contributed by atoms with Gasteiger partial charge in [-0.1, -0.05) is 0 Å². The normalized spacial score (nSPS) is 11.4. The van der Waals surface area contributed by atoms with Crippen molar-refractivity contribution in [1.29, 1.82) is 0 Å². The number of benzene rings is 1. The van der Waals surface area contributed by atoms with E-state index < -0.39 is 0 Å². The highest BCUT2D eigenvalue weighted by Crippen LogP contribution is 2.28. The summed E-state index contributed by atoms with van der Waals surface area (Å²) in [5, 5.41) is 0.495. The molecule has 0 aliphatic carbocycles. The van der Waals surface area contributed by atoms with Gasteiger partial charge in [0.05, 0.1) is 28.2 Å². The number of ether oxygens (including phenoxy) is 1. The van der Waals surface area contributed by atoms with Gasteiger partial charge in [0, 0.05) is 18.8 Å². The van der Waals surface area contributed by atoms with Crippen LogP contribution in [0.5, 0.6) is 5.75 Å². The number of aromatic nitrogens is 4. The number of imidazole rings is 1. The van der Waals surface area contributed by atoms with Gasteiger partial charge < -0.3 is 14.1 Å². The Morgan fingerprint density at radius 3 is 2.73 bits per heavy atom. The summed E-state index contributed by atoms with van der Waals surface area (Å²) in [7, 11) is 1.56. The first-order chi connectivity index (χ1) is 12.4. The molecule has 0 unspecified atom stereocenters. The molecule has 132 valence electrons. The Hall–Kier alpha value is -2.67. The third-order valence-electron chi connectivity index (χ3n) is 4.49. The van der Waals surface area contributed by atoms with Gasteiger partial charge >= 0.3 is 0 Å². The van der Waals surface area contributed by atoms with Crippen molar-refractivity contribution in [1.82, 2.24) is 19.4 Å². The lowest BCUT2D eigenvalue weighted by molar-refractivity contribution is 0.412. The summed E-state index contributed by atoms with van der Waals surface area (Å²) in [5.74, 6) is 1.18. The Balaban J connectivity index is 1.76. The lowest BCUT2D eigenvalue weighted by Crippen LogP contribution is -2.12. The molecule has 6 nitrogen and oxygen atoms in total. The summed E-state index contributed by atoms with van der Waals surface area (Å²) in [4.78, 5) is 24.5. The van der Waals surface area contributed by atoms with E-state index >= 15 is 0 Å². The minimum absolute atomic E-state index is 0.189. The predicted molar refractivity (Wildman–Crippen MR) is 104 cm³/mol. The Labute approximate surface area is 158 Å². The van der Waals surface area contributed by atoms with Crippen LogP contribution in [0.1, 0.15) is 22.6 Å². The largest absolute Gasteiger partial charge is 0.496 e. The Morgan fingerprint density at radius 1 is 1.15 bits per heavy atom. The molecule has 0 spiro atoms. The summed E-state index contributed by atoms with van der Waals surface area (Å²) in [6, 6.07) is 5.54. The van der Waals surface area contributed by atoms with Gasteiger partial charge in [0.1, 0.15) is 17.2 Å². The Morgan fingerprint density at radius 2 is 1.96 bits per heavy atom. The molecular formula is C19H17BrN4O2. The summed E-state index contributed by atoms with van der Waals surface area (Å²) in [5.41, 5.74) is 4.57. The van der Waals surface area contributed by atoms with Gasteiger partial charge in [0.2, 0.25) is 0 Å². The molecule has 26 heavy (non-hydrogen) atoms. The van der Waals surface area contributed by atoms with Crippen molar-refractivity contribution >= 4 is 32.5 Å². The second-order valence-corrected chi connectivity index (χ2v) is 7.18. The number of halogens is 1. The van der Waals surface area contributed by atoms with Gasteiger partial charge in [0.15, 0.2) is 0 Å². The lowest BCUT2D eigenvalue weighted by Gasteiger charge is -2.06. The van der Waals surface area contributed by atoms with Crippen molar-refractivity contribution in [3.8, 4) is 5.75 Å². The van der Waals surface area contributed by atoms with E-state index in [1.54, 1.807) is 19.2 Å². The first-order valence-electron chi connectivity index (χ1n) is 8.16. The number of methoxy groups -OCH3 is 1. The van der Waals surface area contributed by atoms with Crippen LogP contribution in [0.4, 0.5) is 0 Å². The molecule has 0 bridgehead atoms. The first-order valence-corrected chi connectivity index (χ1v) is 8.95. The number of aromatic amines is 1. The maximum absolute atomic E-state index is 12.4. The lowest BCUT2D eigenvalue weighted by atomic mass is 10.2. The topological polar surface area (TPSA) is 72.3 Å². The van der Waals surface area contributed by atoms with E-state index in [2.05, 4.69) is 57.0 Å². The monoisotopic (exact) mass is 412 g/mol. The zero-order valence-corrected chi connectivity index (χ0v) is 16.2. The van der Waals surface area contributed by atoms with Crippen molar-refractivity contribution in [3.63, 3.8) is 0 Å². The average Bonchev–Trinajstić information content (AvgIpc) is 2.95. The van der Waals surface area contributed by atoms with Crippen LogP contribution < -0.4 is 10.3 Å². The molecule has 1 N–H and O–H groups in total. The Kier molecular flexibility index (Phi) is 4.03. The highest BCUT2D eigenvalue weighted by molar-refractivity contribution is 9.10. The van der Waals surface area contributed by atoms with Crippen LogP contribution in [-0.4, -0.2) is 26.5 Å². The number of rotatable bonds is 3. The van der Waals surface area contributed by atoms with E-state index in [9.17, 15) is 4.79 Å². The molecule has 0 saturated heterocycles. The second-order valence-electron chi connectivity index (χ2n) is 6.33. The van der Waals surface area contributed by atoms with E-state index in [0.717, 1.165) is 15.8 Å². The standard InChI is InChI=1S/C19H17BrN4O2/c1-10-4-18-21-12(9-24(18)8-11(10)2)5-17-22-15-7-14(20)16(26-3)6-13(15)19(25)23-17/h4,6-9H,5H2,1-3H3,(H,22,23,25). The van der Waals surface area contributed by atoms with Gasteiger partial charge in [-0.15, -0.1) is 0 Å². The number of fused-ring (bicyclic) bond motifs is 2. The fourth-order valence-corrected chi connectivity index (χ4v) is 3.47. The third kappa shape index (κ3) is 2.88. The smallest absolute Gasteiger partial charge is 0.258 e. The summed E-state index contributed by atoms with van der Waals surface area (Å²) < 4.78 is 8.00. The predicted octanol–water partition coefficient (Wildman–Crippen LogP) is 3.55. The van der Waals surface area contributed by atoms with Crippen molar-refractivity contribution < 1.29 is 4.74 Å². The van der Waals surface area contributed by atoms with Crippen LogP contribution in [0.15, 0.2) is 39.9 Å². The minimum Gasteiger partial charge on any atom is -0.496 e. The van der Waals surface area contributed by atoms with E-state index in [-0.39, 0.29) is 5.56 Å². The zero-order valence-electron chi connectivity index (χ0n) is 14.6. The number of pyridine rings is 1. The first kappa shape index (κ1) is 16.8. The van der Waals surface area contributed by atoms with Crippen LogP contribution in [0.2, 0.25) is 0 Å². The maximum Gasteiger partial charge on any atom is 0.258 e. The summed E-state index contributed by atoms with van der Waals surface area (Å²) in [6.45, 7) is 4.14. The molecule has 3 aromatic heterocycles. The molecule has 3 heterocycles. The number of H-pyrrole nitrogens is 1. The molecular weight excluding hydrogens is 396 g/mol. The van der Waals surface area contributed by atoms with E-state index in [1.165, 1.54) is 11.1 Å². The highest BCUT2D eigenvalue weighted by Gasteiger charge is 2.11. The van der Waals surface area contributed by atoms with Crippen LogP contribution >= 0.6 is 15.9 Å². The highest BCUT2D eigenvalue weighted by atomic mass is 79.9. The van der Waals surface area contributed by atoms with Crippen molar-refractivity contribution in [2.75, 3.05) is 7.11 Å². The third-order valence-corrected chi connectivity index (χ3v) is 5.11. The number of hydrogen-bond donors (Lipinski definition) is 1. The molecule has 0 atom stereocenters. The molecule has 0 aliphatic rings. The summed E-state index contributed by atoms with van der Waals surface area (Å²) in [6.07, 6.45) is 4.48. The van der Waals surface area contributed by atoms with Crippen LogP contribution in [0.25, 0.3) is 16.6 Å². The second kappa shape index (κ2) is 6.25. The van der Waals surface area contributed by atoms with Gasteiger partial charge in [-0.3, -0.25) is 4.79 Å². The maximum atomic E-state index is 12.4. The average molecular weight is 413 g/mol. The molecule has 4 rings (SSSR count). The van der Waals surface area contributed by atoms with Crippen LogP contribution in [0, 0.1) is 13.8 Å². The van der Waals surface area contributed by atoms with Gasteiger partial charge in [0.25, 0.3) is 5.56 Å². The van der Waals surface area contributed by atoms with Crippen LogP contribution in [-0.2, 0) is 6.42 Å². The summed E-state index contributed by atoms with van der Waals surface area (Å²) >= 11 is 3.44. The van der Waals surface area contributed by atoms with E-state index in [0.29, 0.717) is 28.9 Å². The van der Waals surface area contributed by atoms with Crippen molar-refractivity contribution in [2.45, 2.75) is 20.3 Å². The van der Waals surface area contributed by atoms with E-state index in [4.69, 9.17) is 4.74 Å². The molecule has 0 saturated carbocycles. The molecule has 0 aliphatic heterocycles. The molecule has 0 amide bonds. The number of aryl methyl sites for hydroxylation is 2. The Bertz CT molecular complexity index is 1170. The van der Waals surface area contributed by atoms with Crippen molar-refractivity contribution in [2.24, 2.45) is 0 Å². The van der Waals surface area contributed by atoms with Crippen molar-refractivity contribution in [3.05, 3.63) is 68.1 Å². The number of nitrogens with one attached hydrogen (secondary N) is 1. The van der Waals surface area contributed by atoms with Crippen LogP contribution in [0.3, 0.4) is 0 Å². The molecule has 0 radical (unpaired) electrons. The molecule has 1 aromatic carbocycles. The SMILES string of the molecule is COc1cc2c(=O)[nH]c(Cc3cn4cc(C)c(C)cc4n3)nc2cc1Br. The zero-order chi connectivity index (χ0) is 18.4. The van der Waals surface area contributed by atoms with E-state index in [1.807, 2.05) is 10.6 Å². The minimum atomic E-state index is -0.189.